The maximum Gasteiger partial charge on any atom is 0.0784 e. The fourth-order valence-electron chi connectivity index (χ4n) is 3.81. The molecule has 2 heteroatoms. The van der Waals surface area contributed by atoms with Crippen LogP contribution in [0.3, 0.4) is 0 Å². The fourth-order valence-corrected chi connectivity index (χ4v) is 5.42. The van der Waals surface area contributed by atoms with Gasteiger partial charge < -0.3 is 0 Å². The van der Waals surface area contributed by atoms with Crippen LogP contribution in [0.25, 0.3) is 33.3 Å². The molecule has 0 radical (unpaired) electrons. The van der Waals surface area contributed by atoms with E-state index in [2.05, 4.69) is 106 Å². The number of hydrogen-bond acceptors (Lipinski definition) is 1. The third kappa shape index (κ3) is 3.40. The molecule has 0 saturated heterocycles. The predicted octanol–water partition coefficient (Wildman–Crippen LogP) is 6.73. The first kappa shape index (κ1) is 18.6. The molecular weight excluding hydrogens is 354 g/mol. The van der Waals surface area contributed by atoms with Gasteiger partial charge in [-0.2, -0.15) is 0 Å². The molecule has 0 aliphatic heterocycles. The van der Waals surface area contributed by atoms with E-state index in [1.807, 2.05) is 0 Å². The quantitative estimate of drug-likeness (QED) is 0.358. The Bertz CT molecular complexity index is 1150. The summed E-state index contributed by atoms with van der Waals surface area (Å²) in [4.78, 5) is 5.04. The van der Waals surface area contributed by atoms with Gasteiger partial charge in [0.05, 0.1) is 19.3 Å². The molecule has 1 nitrogen and oxygen atoms in total. The molecule has 0 atom stereocenters. The Morgan fingerprint density at radius 1 is 0.679 bits per heavy atom. The van der Waals surface area contributed by atoms with Gasteiger partial charge in [0.25, 0.3) is 0 Å². The number of pyridine rings is 1. The maximum atomic E-state index is 5.04. The normalized spacial score (nSPS) is 11.8. The van der Waals surface area contributed by atoms with E-state index in [0.29, 0.717) is 0 Å². The molecule has 0 N–H and O–H groups in total. The van der Waals surface area contributed by atoms with Gasteiger partial charge in [-0.3, -0.25) is 0 Å². The van der Waals surface area contributed by atoms with Crippen LogP contribution in [0.2, 0.25) is 19.6 Å². The van der Waals surface area contributed by atoms with Gasteiger partial charge in [-0.15, -0.1) is 0 Å². The first-order valence-electron chi connectivity index (χ1n) is 9.92. The molecule has 4 aromatic rings. The summed E-state index contributed by atoms with van der Waals surface area (Å²) in [5, 5.41) is 2.74. The average molecular weight is 382 g/mol. The van der Waals surface area contributed by atoms with Crippen molar-refractivity contribution in [3.8, 4) is 22.4 Å². The van der Waals surface area contributed by atoms with Gasteiger partial charge in [0.2, 0.25) is 0 Å². The Kier molecular flexibility index (Phi) is 4.68. The number of nitrogens with zero attached hydrogens (tertiary/aromatic N) is 1. The van der Waals surface area contributed by atoms with Crippen LogP contribution in [0.5, 0.6) is 0 Å². The molecule has 0 fully saturated rings. The van der Waals surface area contributed by atoms with Gasteiger partial charge in [0.1, 0.15) is 0 Å². The monoisotopic (exact) mass is 381 g/mol. The highest BCUT2D eigenvalue weighted by molar-refractivity contribution is 6.90. The van der Waals surface area contributed by atoms with Crippen molar-refractivity contribution in [2.24, 2.45) is 0 Å². The molecule has 0 saturated carbocycles. The largest absolute Gasteiger partial charge is 0.248 e. The second-order valence-corrected chi connectivity index (χ2v) is 13.7. The average Bonchev–Trinajstić information content (AvgIpc) is 2.68. The molecule has 0 aliphatic rings. The van der Waals surface area contributed by atoms with Crippen molar-refractivity contribution in [2.75, 3.05) is 0 Å². The van der Waals surface area contributed by atoms with E-state index in [9.17, 15) is 0 Å². The summed E-state index contributed by atoms with van der Waals surface area (Å²) in [5.74, 6) is 0. The number of rotatable bonds is 3. The number of hydrogen-bond donors (Lipinski definition) is 0. The Morgan fingerprint density at radius 3 is 2.11 bits per heavy atom. The summed E-state index contributed by atoms with van der Waals surface area (Å²) >= 11 is 0. The van der Waals surface area contributed by atoms with Crippen LogP contribution in [0.4, 0.5) is 0 Å². The van der Waals surface area contributed by atoms with Crippen molar-refractivity contribution in [1.29, 1.82) is 0 Å². The second-order valence-electron chi connectivity index (χ2n) is 8.67. The molecular formula is C26H27NSi. The molecule has 28 heavy (non-hydrogen) atoms. The zero-order valence-electron chi connectivity index (χ0n) is 17.4. The van der Waals surface area contributed by atoms with Crippen molar-refractivity contribution in [1.82, 2.24) is 4.98 Å². The first-order valence-corrected chi connectivity index (χ1v) is 13.4. The Morgan fingerprint density at radius 2 is 1.43 bits per heavy atom. The molecule has 0 amide bonds. The van der Waals surface area contributed by atoms with Crippen LogP contribution in [-0.4, -0.2) is 13.1 Å². The lowest BCUT2D eigenvalue weighted by atomic mass is 9.99. The molecule has 0 unspecified atom stereocenters. The van der Waals surface area contributed by atoms with Gasteiger partial charge >= 0.3 is 0 Å². The van der Waals surface area contributed by atoms with Crippen molar-refractivity contribution in [3.05, 3.63) is 83.9 Å². The lowest BCUT2D eigenvalue weighted by Gasteiger charge is -2.23. The van der Waals surface area contributed by atoms with E-state index in [-0.39, 0.29) is 0 Å². The zero-order chi connectivity index (χ0) is 19.9. The van der Waals surface area contributed by atoms with Crippen LogP contribution in [0.1, 0.15) is 11.1 Å². The number of benzene rings is 3. The van der Waals surface area contributed by atoms with E-state index in [1.165, 1.54) is 38.4 Å². The minimum absolute atomic E-state index is 1.04. The molecule has 0 aliphatic carbocycles. The first-order chi connectivity index (χ1) is 13.3. The molecule has 0 spiro atoms. The Labute approximate surface area is 169 Å². The van der Waals surface area contributed by atoms with Gasteiger partial charge in [-0.1, -0.05) is 79.4 Å². The molecule has 1 aromatic heterocycles. The molecule has 0 bridgehead atoms. The van der Waals surface area contributed by atoms with Crippen LogP contribution in [0, 0.1) is 13.8 Å². The summed E-state index contributed by atoms with van der Waals surface area (Å²) in [5.41, 5.74) is 8.55. The summed E-state index contributed by atoms with van der Waals surface area (Å²) in [6, 6.07) is 26.3. The van der Waals surface area contributed by atoms with Crippen molar-refractivity contribution in [3.63, 3.8) is 0 Å². The van der Waals surface area contributed by atoms with Crippen LogP contribution < -0.4 is 5.19 Å². The van der Waals surface area contributed by atoms with E-state index >= 15 is 0 Å². The third-order valence-electron chi connectivity index (χ3n) is 5.54. The highest BCUT2D eigenvalue weighted by Gasteiger charge is 2.23. The van der Waals surface area contributed by atoms with Crippen LogP contribution in [-0.2, 0) is 0 Å². The second kappa shape index (κ2) is 7.03. The van der Waals surface area contributed by atoms with Crippen molar-refractivity contribution >= 4 is 24.2 Å². The smallest absolute Gasteiger partial charge is 0.0784 e. The highest BCUT2D eigenvalue weighted by Crippen LogP contribution is 2.31. The minimum atomic E-state index is -1.50. The summed E-state index contributed by atoms with van der Waals surface area (Å²) in [6.07, 6.45) is 0. The van der Waals surface area contributed by atoms with E-state index in [0.717, 1.165) is 11.2 Å². The van der Waals surface area contributed by atoms with E-state index in [1.54, 1.807) is 0 Å². The highest BCUT2D eigenvalue weighted by atomic mass is 28.3. The SMILES string of the molecule is Cc1ccc(-c2ccc3c(-c4ccccc4)c([Si](C)(C)C)ccc3n2)cc1C. The van der Waals surface area contributed by atoms with Crippen molar-refractivity contribution < 1.29 is 0 Å². The minimum Gasteiger partial charge on any atom is -0.248 e. The Hall–Kier alpha value is -2.71. The van der Waals surface area contributed by atoms with Crippen molar-refractivity contribution in [2.45, 2.75) is 33.5 Å². The van der Waals surface area contributed by atoms with Crippen LogP contribution in [0.15, 0.2) is 72.8 Å². The van der Waals surface area contributed by atoms with Gasteiger partial charge in [0.15, 0.2) is 0 Å². The molecule has 1 heterocycles. The molecule has 4 rings (SSSR count). The number of aromatic nitrogens is 1. The van der Waals surface area contributed by atoms with Crippen LogP contribution >= 0.6 is 0 Å². The summed E-state index contributed by atoms with van der Waals surface area (Å²) in [6.45, 7) is 11.6. The number of aryl methyl sites for hydroxylation is 2. The van der Waals surface area contributed by atoms with E-state index < -0.39 is 8.07 Å². The lowest BCUT2D eigenvalue weighted by Crippen LogP contribution is -2.39. The zero-order valence-corrected chi connectivity index (χ0v) is 18.4. The van der Waals surface area contributed by atoms with Gasteiger partial charge in [0, 0.05) is 10.9 Å². The summed E-state index contributed by atoms with van der Waals surface area (Å²) < 4.78 is 0. The fraction of sp³-hybridized carbons (Fsp3) is 0.192. The topological polar surface area (TPSA) is 12.9 Å². The number of fused-ring (bicyclic) bond motifs is 1. The lowest BCUT2D eigenvalue weighted by molar-refractivity contribution is 1.32. The standard InChI is InChI=1S/C26H27NSi/c1-18-11-12-21(17-19(18)2)23-14-13-22-24(27-23)15-16-25(28(3,4)5)26(22)20-9-7-6-8-10-20/h6-17H,1-5H3. The predicted molar refractivity (Wildman–Crippen MR) is 125 cm³/mol. The van der Waals surface area contributed by atoms with Gasteiger partial charge in [-0.25, -0.2) is 4.98 Å². The Balaban J connectivity index is 1.96. The molecule has 3 aromatic carbocycles. The van der Waals surface area contributed by atoms with E-state index in [4.69, 9.17) is 4.98 Å². The molecule has 140 valence electrons. The maximum absolute atomic E-state index is 5.04. The van der Waals surface area contributed by atoms with Gasteiger partial charge in [-0.05, 0) is 54.3 Å². The third-order valence-corrected chi connectivity index (χ3v) is 7.58. The summed E-state index contributed by atoms with van der Waals surface area (Å²) in [7, 11) is -1.50.